The van der Waals surface area contributed by atoms with Gasteiger partial charge in [-0.2, -0.15) is 0 Å². The van der Waals surface area contributed by atoms with E-state index in [4.69, 9.17) is 16.6 Å². The van der Waals surface area contributed by atoms with E-state index in [0.717, 1.165) is 27.4 Å². The molecule has 0 amide bonds. The number of hydrogen-bond acceptors (Lipinski definition) is 1. The first-order valence-electron chi connectivity index (χ1n) is 6.45. The van der Waals surface area contributed by atoms with Crippen LogP contribution >= 0.6 is 11.6 Å². The fourth-order valence-electron chi connectivity index (χ4n) is 2.49. The zero-order valence-corrected chi connectivity index (χ0v) is 11.4. The molecule has 96 valence electrons. The van der Waals surface area contributed by atoms with Gasteiger partial charge in [-0.1, -0.05) is 41.9 Å². The first-order valence-corrected chi connectivity index (χ1v) is 6.82. The largest absolute Gasteiger partial charge is 0.338 e. The van der Waals surface area contributed by atoms with Gasteiger partial charge in [-0.3, -0.25) is 0 Å². The highest BCUT2D eigenvalue weighted by molar-refractivity contribution is 6.30. The summed E-state index contributed by atoms with van der Waals surface area (Å²) in [5, 5.41) is 3.10. The van der Waals surface area contributed by atoms with Crippen molar-refractivity contribution in [2.75, 3.05) is 0 Å². The molecule has 0 saturated carbocycles. The van der Waals surface area contributed by atoms with Crippen LogP contribution in [-0.2, 0) is 0 Å². The van der Waals surface area contributed by atoms with Crippen molar-refractivity contribution in [1.82, 2.24) is 9.97 Å². The van der Waals surface area contributed by atoms with E-state index in [9.17, 15) is 0 Å². The molecule has 0 bridgehead atoms. The molecule has 4 rings (SSSR count). The monoisotopic (exact) mass is 278 g/mol. The number of halogens is 1. The van der Waals surface area contributed by atoms with Crippen molar-refractivity contribution in [1.29, 1.82) is 0 Å². The number of aromatic nitrogens is 2. The van der Waals surface area contributed by atoms with E-state index in [-0.39, 0.29) is 0 Å². The van der Waals surface area contributed by atoms with Crippen LogP contribution in [-0.4, -0.2) is 9.97 Å². The lowest BCUT2D eigenvalue weighted by molar-refractivity contribution is 1.34. The van der Waals surface area contributed by atoms with Crippen LogP contribution in [0.3, 0.4) is 0 Å². The maximum atomic E-state index is 5.93. The van der Waals surface area contributed by atoms with Gasteiger partial charge in [0.1, 0.15) is 5.82 Å². The Kier molecular flexibility index (Phi) is 2.51. The van der Waals surface area contributed by atoms with E-state index < -0.39 is 0 Å². The Morgan fingerprint density at radius 2 is 1.65 bits per heavy atom. The van der Waals surface area contributed by atoms with Crippen molar-refractivity contribution in [3.05, 3.63) is 65.7 Å². The van der Waals surface area contributed by atoms with Crippen LogP contribution in [0.25, 0.3) is 33.2 Å². The lowest BCUT2D eigenvalue weighted by Crippen LogP contribution is -1.79. The molecule has 4 aromatic rings. The molecular weight excluding hydrogens is 268 g/mol. The van der Waals surface area contributed by atoms with E-state index in [2.05, 4.69) is 29.2 Å². The van der Waals surface area contributed by atoms with Gasteiger partial charge in [0.25, 0.3) is 0 Å². The Bertz CT molecular complexity index is 907. The summed E-state index contributed by atoms with van der Waals surface area (Å²) < 4.78 is 0. The number of fused-ring (bicyclic) bond motifs is 3. The Morgan fingerprint density at radius 3 is 2.50 bits per heavy atom. The normalized spacial score (nSPS) is 11.2. The molecule has 1 aromatic heterocycles. The Balaban J connectivity index is 1.98. The Morgan fingerprint density at radius 1 is 0.850 bits per heavy atom. The minimum atomic E-state index is 0.732. The van der Waals surface area contributed by atoms with Gasteiger partial charge in [-0.15, -0.1) is 0 Å². The smallest absolute Gasteiger partial charge is 0.138 e. The molecular formula is C17H11ClN2. The number of benzene rings is 3. The molecule has 0 fully saturated rings. The van der Waals surface area contributed by atoms with Crippen LogP contribution in [0.5, 0.6) is 0 Å². The highest BCUT2D eigenvalue weighted by Gasteiger charge is 2.07. The fourth-order valence-corrected chi connectivity index (χ4v) is 2.61. The summed E-state index contributed by atoms with van der Waals surface area (Å²) in [5.41, 5.74) is 3.09. The van der Waals surface area contributed by atoms with Crippen molar-refractivity contribution in [2.45, 2.75) is 0 Å². The van der Waals surface area contributed by atoms with Gasteiger partial charge in [0, 0.05) is 16.0 Å². The average Bonchev–Trinajstić information content (AvgIpc) is 2.92. The molecule has 1 N–H and O–H groups in total. The second-order valence-corrected chi connectivity index (χ2v) is 5.21. The molecule has 20 heavy (non-hydrogen) atoms. The molecule has 2 nitrogen and oxygen atoms in total. The Labute approximate surface area is 121 Å². The lowest BCUT2D eigenvalue weighted by atomic mass is 10.1. The second-order valence-electron chi connectivity index (χ2n) is 4.78. The molecule has 0 aliphatic rings. The molecule has 1 heterocycles. The minimum Gasteiger partial charge on any atom is -0.338 e. The maximum Gasteiger partial charge on any atom is 0.138 e. The van der Waals surface area contributed by atoms with E-state index in [1.807, 2.05) is 36.4 Å². The fraction of sp³-hybridized carbons (Fsp3) is 0. The van der Waals surface area contributed by atoms with Crippen molar-refractivity contribution in [2.24, 2.45) is 0 Å². The molecule has 0 radical (unpaired) electrons. The lowest BCUT2D eigenvalue weighted by Gasteiger charge is -1.96. The van der Waals surface area contributed by atoms with Gasteiger partial charge in [0.15, 0.2) is 0 Å². The minimum absolute atomic E-state index is 0.732. The standard InChI is InChI=1S/C17H11ClN2/c18-13-8-5-12(6-9-13)17-19-15-10-7-11-3-1-2-4-14(11)16(15)20-17/h1-10H,(H,19,20). The van der Waals surface area contributed by atoms with Gasteiger partial charge in [0.05, 0.1) is 11.0 Å². The van der Waals surface area contributed by atoms with Crippen LogP contribution in [0.2, 0.25) is 5.02 Å². The van der Waals surface area contributed by atoms with E-state index >= 15 is 0 Å². The van der Waals surface area contributed by atoms with E-state index in [1.54, 1.807) is 0 Å². The zero-order chi connectivity index (χ0) is 13.5. The molecule has 3 aromatic carbocycles. The summed E-state index contributed by atoms with van der Waals surface area (Å²) in [6, 6.07) is 20.2. The third-order valence-corrected chi connectivity index (χ3v) is 3.75. The van der Waals surface area contributed by atoms with Gasteiger partial charge >= 0.3 is 0 Å². The first-order chi connectivity index (χ1) is 9.81. The number of imidazole rings is 1. The molecule has 0 atom stereocenters. The summed E-state index contributed by atoms with van der Waals surface area (Å²) >= 11 is 5.93. The van der Waals surface area contributed by atoms with Crippen molar-refractivity contribution in [3.63, 3.8) is 0 Å². The number of aromatic amines is 1. The van der Waals surface area contributed by atoms with Gasteiger partial charge in [-0.25, -0.2) is 4.98 Å². The third kappa shape index (κ3) is 1.77. The summed E-state index contributed by atoms with van der Waals surface area (Å²) in [6.45, 7) is 0. The predicted octanol–water partition coefficient (Wildman–Crippen LogP) is 5.04. The highest BCUT2D eigenvalue weighted by Crippen LogP contribution is 2.27. The third-order valence-electron chi connectivity index (χ3n) is 3.49. The summed E-state index contributed by atoms with van der Waals surface area (Å²) in [6.07, 6.45) is 0. The van der Waals surface area contributed by atoms with Crippen LogP contribution in [0, 0.1) is 0 Å². The zero-order valence-electron chi connectivity index (χ0n) is 10.6. The van der Waals surface area contributed by atoms with Crippen LogP contribution < -0.4 is 0 Å². The van der Waals surface area contributed by atoms with Crippen LogP contribution in [0.1, 0.15) is 0 Å². The maximum absolute atomic E-state index is 5.93. The predicted molar refractivity (Wildman–Crippen MR) is 84.0 cm³/mol. The molecule has 0 unspecified atom stereocenters. The molecule has 0 spiro atoms. The molecule has 0 aliphatic heterocycles. The first kappa shape index (κ1) is 11.5. The summed E-state index contributed by atoms with van der Waals surface area (Å²) in [5.74, 6) is 0.869. The summed E-state index contributed by atoms with van der Waals surface area (Å²) in [7, 11) is 0. The topological polar surface area (TPSA) is 28.7 Å². The molecule has 0 saturated heterocycles. The summed E-state index contributed by atoms with van der Waals surface area (Å²) in [4.78, 5) is 8.11. The number of H-pyrrole nitrogens is 1. The molecule has 0 aliphatic carbocycles. The SMILES string of the molecule is Clc1ccc(-c2nc3c(ccc4ccccc43)[nH]2)cc1. The second kappa shape index (κ2) is 4.36. The van der Waals surface area contributed by atoms with E-state index in [1.165, 1.54) is 10.8 Å². The number of rotatable bonds is 1. The number of hydrogen-bond donors (Lipinski definition) is 1. The number of nitrogens with one attached hydrogen (secondary N) is 1. The van der Waals surface area contributed by atoms with Gasteiger partial charge in [-0.05, 0) is 35.7 Å². The van der Waals surface area contributed by atoms with E-state index in [0.29, 0.717) is 0 Å². The van der Waals surface area contributed by atoms with Crippen LogP contribution in [0.15, 0.2) is 60.7 Å². The number of nitrogens with zero attached hydrogens (tertiary/aromatic N) is 1. The van der Waals surface area contributed by atoms with Gasteiger partial charge < -0.3 is 4.98 Å². The quantitative estimate of drug-likeness (QED) is 0.519. The van der Waals surface area contributed by atoms with Crippen molar-refractivity contribution < 1.29 is 0 Å². The Hall–Kier alpha value is -2.32. The van der Waals surface area contributed by atoms with Crippen molar-refractivity contribution in [3.8, 4) is 11.4 Å². The van der Waals surface area contributed by atoms with Crippen molar-refractivity contribution >= 4 is 33.4 Å². The van der Waals surface area contributed by atoms with Gasteiger partial charge in [0.2, 0.25) is 0 Å². The average molecular weight is 279 g/mol. The highest BCUT2D eigenvalue weighted by atomic mass is 35.5. The molecule has 3 heteroatoms. The van der Waals surface area contributed by atoms with Crippen LogP contribution in [0.4, 0.5) is 0 Å².